The highest BCUT2D eigenvalue weighted by atomic mass is 35.5. The third kappa shape index (κ3) is 2.93. The molecular formula is C22H20ClN5O2. The van der Waals surface area contributed by atoms with E-state index in [9.17, 15) is 4.79 Å². The molecule has 5 rings (SSSR count). The van der Waals surface area contributed by atoms with E-state index in [1.165, 1.54) is 0 Å². The lowest BCUT2D eigenvalue weighted by molar-refractivity contribution is 0.0675. The number of methoxy groups -OCH3 is 1. The van der Waals surface area contributed by atoms with Gasteiger partial charge in [0.25, 0.3) is 5.91 Å². The van der Waals surface area contributed by atoms with E-state index >= 15 is 0 Å². The maximum Gasteiger partial charge on any atom is 0.290 e. The number of fused-ring (bicyclic) bond motifs is 2. The third-order valence-corrected chi connectivity index (χ3v) is 5.89. The second kappa shape index (κ2) is 7.18. The van der Waals surface area contributed by atoms with Crippen LogP contribution in [0.5, 0.6) is 5.75 Å². The van der Waals surface area contributed by atoms with Crippen molar-refractivity contribution in [1.82, 2.24) is 24.4 Å². The molecule has 30 heavy (non-hydrogen) atoms. The summed E-state index contributed by atoms with van der Waals surface area (Å²) in [5, 5.41) is 0.592. The Hall–Kier alpha value is -3.32. The Morgan fingerprint density at radius 1 is 1.23 bits per heavy atom. The minimum absolute atomic E-state index is 0.140. The number of hydrogen-bond acceptors (Lipinski definition) is 4. The van der Waals surface area contributed by atoms with Crippen molar-refractivity contribution in [2.24, 2.45) is 7.05 Å². The monoisotopic (exact) mass is 421 g/mol. The molecular weight excluding hydrogens is 402 g/mol. The Balaban J connectivity index is 1.59. The third-order valence-electron chi connectivity index (χ3n) is 5.65. The van der Waals surface area contributed by atoms with Gasteiger partial charge in [-0.25, -0.2) is 9.97 Å². The summed E-state index contributed by atoms with van der Waals surface area (Å²) in [5.74, 6) is 1.01. The zero-order valence-corrected chi connectivity index (χ0v) is 17.3. The minimum Gasteiger partial charge on any atom is -0.497 e. The zero-order chi connectivity index (χ0) is 20.8. The number of nitrogens with one attached hydrogen (secondary N) is 1. The van der Waals surface area contributed by atoms with Crippen molar-refractivity contribution in [3.8, 4) is 5.75 Å². The van der Waals surface area contributed by atoms with E-state index in [0.29, 0.717) is 29.3 Å². The lowest BCUT2D eigenvalue weighted by atomic mass is 9.95. The van der Waals surface area contributed by atoms with Gasteiger partial charge >= 0.3 is 0 Å². The molecule has 0 spiro atoms. The van der Waals surface area contributed by atoms with Crippen LogP contribution in [0, 0.1) is 0 Å². The van der Waals surface area contributed by atoms with Crippen molar-refractivity contribution in [3.05, 3.63) is 76.6 Å². The van der Waals surface area contributed by atoms with Gasteiger partial charge in [-0.15, -0.1) is 0 Å². The predicted molar refractivity (Wildman–Crippen MR) is 114 cm³/mol. The standard InChI is InChI=1S/C22H20ClN5O2/c1-27-18-8-5-14(23)11-17(18)26-21(27)22(29)28-10-9-16-19(25-12-24-16)20(28)13-3-6-15(30-2)7-4-13/h3-8,11-12,20H,9-10H2,1-2H3,(H,24,25). The van der Waals surface area contributed by atoms with Crippen LogP contribution >= 0.6 is 11.6 Å². The van der Waals surface area contributed by atoms with E-state index in [4.69, 9.17) is 16.3 Å². The van der Waals surface area contributed by atoms with Crippen LogP contribution in [0.15, 0.2) is 48.8 Å². The number of carbonyl (C=O) groups excluding carboxylic acids is 1. The molecule has 4 aromatic rings. The average Bonchev–Trinajstić information content (AvgIpc) is 3.37. The molecule has 1 atom stereocenters. The Labute approximate surface area is 178 Å². The molecule has 1 aliphatic heterocycles. The summed E-state index contributed by atoms with van der Waals surface area (Å²) >= 11 is 6.11. The van der Waals surface area contributed by atoms with Gasteiger partial charge in [-0.2, -0.15) is 0 Å². The molecule has 1 aliphatic rings. The lowest BCUT2D eigenvalue weighted by Gasteiger charge is -2.35. The fourth-order valence-electron chi connectivity index (χ4n) is 4.11. The van der Waals surface area contributed by atoms with E-state index in [0.717, 1.165) is 28.2 Å². The minimum atomic E-state index is -0.304. The number of ether oxygens (including phenoxy) is 1. The number of aryl methyl sites for hydroxylation is 1. The summed E-state index contributed by atoms with van der Waals surface area (Å²) < 4.78 is 7.11. The molecule has 0 aliphatic carbocycles. The van der Waals surface area contributed by atoms with Crippen molar-refractivity contribution in [2.45, 2.75) is 12.5 Å². The first-order chi connectivity index (χ1) is 14.6. The highest BCUT2D eigenvalue weighted by molar-refractivity contribution is 6.31. The molecule has 2 aromatic heterocycles. The molecule has 1 unspecified atom stereocenters. The molecule has 0 radical (unpaired) electrons. The smallest absolute Gasteiger partial charge is 0.290 e. The first kappa shape index (κ1) is 18.7. The fourth-order valence-corrected chi connectivity index (χ4v) is 4.28. The number of halogens is 1. The van der Waals surface area contributed by atoms with Gasteiger partial charge < -0.3 is 19.2 Å². The molecule has 7 nitrogen and oxygen atoms in total. The van der Waals surface area contributed by atoms with Crippen LogP contribution in [0.3, 0.4) is 0 Å². The molecule has 2 aromatic carbocycles. The Morgan fingerprint density at radius 2 is 2.03 bits per heavy atom. The molecule has 8 heteroatoms. The van der Waals surface area contributed by atoms with Gasteiger partial charge in [-0.05, 0) is 35.9 Å². The Bertz CT molecular complexity index is 1240. The van der Waals surface area contributed by atoms with Crippen LogP contribution < -0.4 is 4.74 Å². The van der Waals surface area contributed by atoms with Crippen molar-refractivity contribution in [2.75, 3.05) is 13.7 Å². The lowest BCUT2D eigenvalue weighted by Crippen LogP contribution is -2.41. The van der Waals surface area contributed by atoms with E-state index in [1.807, 2.05) is 46.8 Å². The zero-order valence-electron chi connectivity index (χ0n) is 16.6. The fraction of sp³-hybridized carbons (Fsp3) is 0.227. The number of aromatic nitrogens is 4. The van der Waals surface area contributed by atoms with Gasteiger partial charge in [0.2, 0.25) is 0 Å². The number of amides is 1. The van der Waals surface area contributed by atoms with Crippen LogP contribution in [0.25, 0.3) is 11.0 Å². The summed E-state index contributed by atoms with van der Waals surface area (Å²) in [6, 6.07) is 12.9. The van der Waals surface area contributed by atoms with Gasteiger partial charge in [0.1, 0.15) is 11.8 Å². The molecule has 0 saturated carbocycles. The van der Waals surface area contributed by atoms with Gasteiger partial charge in [0.05, 0.1) is 30.2 Å². The number of H-pyrrole nitrogens is 1. The molecule has 0 saturated heterocycles. The van der Waals surface area contributed by atoms with Crippen LogP contribution in [0.1, 0.15) is 33.6 Å². The van der Waals surface area contributed by atoms with Crippen LogP contribution in [0.2, 0.25) is 5.02 Å². The predicted octanol–water partition coefficient (Wildman–Crippen LogP) is 3.75. The summed E-state index contributed by atoms with van der Waals surface area (Å²) in [7, 11) is 3.48. The second-order valence-electron chi connectivity index (χ2n) is 7.32. The van der Waals surface area contributed by atoms with Gasteiger partial charge in [0.15, 0.2) is 5.82 Å². The number of aromatic amines is 1. The maximum atomic E-state index is 13.7. The molecule has 0 fully saturated rings. The van der Waals surface area contributed by atoms with Crippen LogP contribution in [0.4, 0.5) is 0 Å². The average molecular weight is 422 g/mol. The molecule has 3 heterocycles. The largest absolute Gasteiger partial charge is 0.497 e. The van der Waals surface area contributed by atoms with E-state index in [-0.39, 0.29) is 11.9 Å². The van der Waals surface area contributed by atoms with Crippen molar-refractivity contribution in [1.29, 1.82) is 0 Å². The highest BCUT2D eigenvalue weighted by Crippen LogP contribution is 2.35. The molecule has 0 bridgehead atoms. The first-order valence-electron chi connectivity index (χ1n) is 9.66. The molecule has 152 valence electrons. The first-order valence-corrected chi connectivity index (χ1v) is 10.0. The Kier molecular flexibility index (Phi) is 4.47. The summed E-state index contributed by atoms with van der Waals surface area (Å²) in [4.78, 5) is 27.8. The molecule has 1 N–H and O–H groups in total. The number of carbonyl (C=O) groups is 1. The van der Waals surface area contributed by atoms with Gasteiger partial charge in [-0.1, -0.05) is 23.7 Å². The molecule has 1 amide bonds. The summed E-state index contributed by atoms with van der Waals surface area (Å²) in [5.41, 5.74) is 4.45. The number of hydrogen-bond donors (Lipinski definition) is 1. The summed E-state index contributed by atoms with van der Waals surface area (Å²) in [6.45, 7) is 0.564. The van der Waals surface area contributed by atoms with E-state index < -0.39 is 0 Å². The van der Waals surface area contributed by atoms with E-state index in [1.54, 1.807) is 25.6 Å². The van der Waals surface area contributed by atoms with Crippen LogP contribution in [-0.2, 0) is 13.5 Å². The maximum absolute atomic E-state index is 13.7. The van der Waals surface area contributed by atoms with Crippen molar-refractivity contribution in [3.63, 3.8) is 0 Å². The normalized spacial score (nSPS) is 16.0. The second-order valence-corrected chi connectivity index (χ2v) is 7.75. The Morgan fingerprint density at radius 3 is 2.80 bits per heavy atom. The quantitative estimate of drug-likeness (QED) is 0.546. The van der Waals surface area contributed by atoms with Crippen LogP contribution in [-0.4, -0.2) is 44.0 Å². The van der Waals surface area contributed by atoms with Gasteiger partial charge in [-0.3, -0.25) is 4.79 Å². The number of imidazole rings is 2. The van der Waals surface area contributed by atoms with Crippen molar-refractivity contribution < 1.29 is 9.53 Å². The van der Waals surface area contributed by atoms with Crippen molar-refractivity contribution >= 4 is 28.5 Å². The number of benzene rings is 2. The summed E-state index contributed by atoms with van der Waals surface area (Å²) in [6.07, 6.45) is 2.40. The highest BCUT2D eigenvalue weighted by Gasteiger charge is 2.36. The topological polar surface area (TPSA) is 76.0 Å². The number of rotatable bonds is 3. The number of nitrogens with zero attached hydrogens (tertiary/aromatic N) is 4. The van der Waals surface area contributed by atoms with Gasteiger partial charge in [0, 0.05) is 30.7 Å². The van der Waals surface area contributed by atoms with E-state index in [2.05, 4.69) is 15.0 Å². The SMILES string of the molecule is COc1ccc(C2c3nc[nH]c3CCN2C(=O)c2nc3cc(Cl)ccc3n2C)cc1.